The van der Waals surface area contributed by atoms with Gasteiger partial charge in [-0.3, -0.25) is 9.59 Å². The molecule has 0 saturated carbocycles. The average Bonchev–Trinajstić information content (AvgIpc) is 2.36. The van der Waals surface area contributed by atoms with Crippen LogP contribution in [0, 0.1) is 5.92 Å². The predicted molar refractivity (Wildman–Crippen MR) is 67.9 cm³/mol. The van der Waals surface area contributed by atoms with E-state index in [0.29, 0.717) is 6.07 Å². The molecule has 0 aliphatic carbocycles. The van der Waals surface area contributed by atoms with Crippen LogP contribution in [-0.4, -0.2) is 28.7 Å². The van der Waals surface area contributed by atoms with Crippen LogP contribution >= 0.6 is 11.6 Å². The second-order valence-electron chi connectivity index (χ2n) is 4.16. The van der Waals surface area contributed by atoms with Gasteiger partial charge < -0.3 is 15.5 Å². The lowest BCUT2D eigenvalue weighted by Crippen LogP contribution is -2.28. The van der Waals surface area contributed by atoms with E-state index in [2.05, 4.69) is 5.32 Å². The Morgan fingerprint density at radius 1 is 1.33 bits per heavy atom. The van der Waals surface area contributed by atoms with Crippen molar-refractivity contribution in [1.82, 2.24) is 0 Å². The van der Waals surface area contributed by atoms with Crippen molar-refractivity contribution in [3.05, 3.63) is 28.8 Å². The molecule has 9 heteroatoms. The summed E-state index contributed by atoms with van der Waals surface area (Å²) >= 11 is 5.43. The molecule has 0 saturated heterocycles. The smallest absolute Gasteiger partial charge is 0.417 e. The molecule has 0 fully saturated rings. The van der Waals surface area contributed by atoms with Gasteiger partial charge in [0.05, 0.1) is 29.5 Å². The van der Waals surface area contributed by atoms with Gasteiger partial charge in [-0.05, 0) is 18.2 Å². The molecule has 0 aliphatic rings. The molecule has 116 valence electrons. The number of hydrogen-bond acceptors (Lipinski definition) is 3. The molecule has 1 aromatic carbocycles. The van der Waals surface area contributed by atoms with Gasteiger partial charge in [-0.15, -0.1) is 0 Å². The maximum absolute atomic E-state index is 12.6. The minimum atomic E-state index is -4.69. The molecule has 1 unspecified atom stereocenters. The van der Waals surface area contributed by atoms with Gasteiger partial charge in [0.1, 0.15) is 0 Å². The molecule has 3 N–H and O–H groups in total. The zero-order valence-electron chi connectivity index (χ0n) is 10.4. The molecule has 1 aromatic rings. The molecule has 21 heavy (non-hydrogen) atoms. The minimum absolute atomic E-state index is 0.194. The Morgan fingerprint density at radius 3 is 2.43 bits per heavy atom. The summed E-state index contributed by atoms with van der Waals surface area (Å²) < 4.78 is 37.9. The van der Waals surface area contributed by atoms with Crippen molar-refractivity contribution in [2.45, 2.75) is 12.6 Å². The van der Waals surface area contributed by atoms with Gasteiger partial charge in [-0.25, -0.2) is 0 Å². The first-order valence-electron chi connectivity index (χ1n) is 5.65. The number of nitrogens with one attached hydrogen (secondary N) is 1. The summed E-state index contributed by atoms with van der Waals surface area (Å²) in [5.41, 5.74) is -1.32. The van der Waals surface area contributed by atoms with E-state index >= 15 is 0 Å². The molecule has 0 radical (unpaired) electrons. The van der Waals surface area contributed by atoms with E-state index in [1.807, 2.05) is 0 Å². The van der Waals surface area contributed by atoms with Crippen LogP contribution in [-0.2, 0) is 15.8 Å². The average molecular weight is 326 g/mol. The molecule has 0 aliphatic heterocycles. The molecule has 0 spiro atoms. The summed E-state index contributed by atoms with van der Waals surface area (Å²) in [6.07, 6.45) is -5.32. The Morgan fingerprint density at radius 2 is 1.95 bits per heavy atom. The molecule has 0 bridgehead atoms. The number of rotatable bonds is 5. The molecular weight excluding hydrogens is 315 g/mol. The number of anilines is 1. The Kier molecular flexibility index (Phi) is 5.56. The molecule has 0 aromatic heterocycles. The number of carboxylic acids is 1. The number of carbonyl (C=O) groups is 2. The van der Waals surface area contributed by atoms with Gasteiger partial charge in [-0.2, -0.15) is 13.2 Å². The number of aliphatic hydroxyl groups is 1. The number of amides is 1. The lowest BCUT2D eigenvalue weighted by atomic mass is 10.1. The Balaban J connectivity index is 2.93. The Bertz CT molecular complexity index is 548. The summed E-state index contributed by atoms with van der Waals surface area (Å²) in [6, 6.07) is 2.74. The highest BCUT2D eigenvalue weighted by Gasteiger charge is 2.33. The van der Waals surface area contributed by atoms with E-state index < -0.39 is 47.6 Å². The fraction of sp³-hybridized carbons (Fsp3) is 0.333. The number of alkyl halides is 3. The van der Waals surface area contributed by atoms with Crippen LogP contribution in [0.3, 0.4) is 0 Å². The number of carboxylic acid groups (broad SMARTS) is 1. The monoisotopic (exact) mass is 325 g/mol. The summed E-state index contributed by atoms with van der Waals surface area (Å²) in [5.74, 6) is -3.46. The quantitative estimate of drug-likeness (QED) is 0.775. The number of aliphatic hydroxyl groups excluding tert-OH is 1. The van der Waals surface area contributed by atoms with Crippen molar-refractivity contribution in [1.29, 1.82) is 0 Å². The lowest BCUT2D eigenvalue weighted by Gasteiger charge is -2.14. The highest BCUT2D eigenvalue weighted by molar-refractivity contribution is 6.31. The van der Waals surface area contributed by atoms with Crippen LogP contribution in [0.5, 0.6) is 0 Å². The van der Waals surface area contributed by atoms with Crippen LogP contribution < -0.4 is 5.32 Å². The van der Waals surface area contributed by atoms with Gasteiger partial charge in [0.15, 0.2) is 0 Å². The molecule has 0 heterocycles. The van der Waals surface area contributed by atoms with Gasteiger partial charge in [0.2, 0.25) is 5.91 Å². The van der Waals surface area contributed by atoms with Crippen molar-refractivity contribution in [2.75, 3.05) is 11.9 Å². The number of hydrogen-bond donors (Lipinski definition) is 3. The number of carbonyl (C=O) groups excluding carboxylic acids is 1. The minimum Gasteiger partial charge on any atom is -0.481 e. The number of benzene rings is 1. The highest BCUT2D eigenvalue weighted by atomic mass is 35.5. The maximum atomic E-state index is 12.6. The van der Waals surface area contributed by atoms with E-state index in [-0.39, 0.29) is 5.69 Å². The standard InChI is InChI=1S/C12H11ClF3NO4/c13-9-2-1-7(4-8(9)12(14,15)16)17-11(21)6(5-18)3-10(19)20/h1-2,4,6,18H,3,5H2,(H,17,21)(H,19,20). The first-order valence-corrected chi connectivity index (χ1v) is 6.03. The van der Waals surface area contributed by atoms with Crippen molar-refractivity contribution < 1.29 is 33.0 Å². The Labute approximate surface area is 122 Å². The van der Waals surface area contributed by atoms with Crippen molar-refractivity contribution in [2.24, 2.45) is 5.92 Å². The lowest BCUT2D eigenvalue weighted by molar-refractivity contribution is -0.140. The highest BCUT2D eigenvalue weighted by Crippen LogP contribution is 2.36. The fourth-order valence-electron chi connectivity index (χ4n) is 1.52. The molecule has 5 nitrogen and oxygen atoms in total. The summed E-state index contributed by atoms with van der Waals surface area (Å²) in [5, 5.41) is 19.1. The first-order chi connectivity index (χ1) is 9.65. The fourth-order valence-corrected chi connectivity index (χ4v) is 1.74. The van der Waals surface area contributed by atoms with Crippen LogP contribution in [0.25, 0.3) is 0 Å². The second kappa shape index (κ2) is 6.77. The van der Waals surface area contributed by atoms with E-state index in [0.717, 1.165) is 12.1 Å². The topological polar surface area (TPSA) is 86.6 Å². The summed E-state index contributed by atoms with van der Waals surface area (Å²) in [4.78, 5) is 22.2. The first kappa shape index (κ1) is 17.3. The molecular formula is C12H11ClF3NO4. The second-order valence-corrected chi connectivity index (χ2v) is 4.57. The van der Waals surface area contributed by atoms with Gasteiger partial charge in [0.25, 0.3) is 0 Å². The largest absolute Gasteiger partial charge is 0.481 e. The third-order valence-corrected chi connectivity index (χ3v) is 2.88. The number of aliphatic carboxylic acids is 1. The van der Waals surface area contributed by atoms with Crippen molar-refractivity contribution >= 4 is 29.2 Å². The third kappa shape index (κ3) is 4.91. The van der Waals surface area contributed by atoms with Gasteiger partial charge in [-0.1, -0.05) is 11.6 Å². The van der Waals surface area contributed by atoms with Gasteiger partial charge >= 0.3 is 12.1 Å². The van der Waals surface area contributed by atoms with E-state index in [4.69, 9.17) is 21.8 Å². The number of halogens is 4. The van der Waals surface area contributed by atoms with Crippen LogP contribution in [0.15, 0.2) is 18.2 Å². The molecule has 1 rings (SSSR count). The molecule has 1 atom stereocenters. The normalized spacial score (nSPS) is 12.8. The van der Waals surface area contributed by atoms with E-state index in [9.17, 15) is 22.8 Å². The SMILES string of the molecule is O=C(O)CC(CO)C(=O)Nc1ccc(Cl)c(C(F)(F)F)c1. The van der Waals surface area contributed by atoms with Crippen LogP contribution in [0.4, 0.5) is 18.9 Å². The zero-order chi connectivity index (χ0) is 16.2. The van der Waals surface area contributed by atoms with Gasteiger partial charge in [0, 0.05) is 5.69 Å². The predicted octanol–water partition coefficient (Wildman–Crippen LogP) is 2.38. The zero-order valence-corrected chi connectivity index (χ0v) is 11.2. The van der Waals surface area contributed by atoms with E-state index in [1.165, 1.54) is 0 Å². The maximum Gasteiger partial charge on any atom is 0.417 e. The summed E-state index contributed by atoms with van der Waals surface area (Å²) in [7, 11) is 0. The third-order valence-electron chi connectivity index (χ3n) is 2.55. The van der Waals surface area contributed by atoms with Crippen molar-refractivity contribution in [3.8, 4) is 0 Å². The Hall–Kier alpha value is -1.80. The molecule has 1 amide bonds. The summed E-state index contributed by atoms with van der Waals surface area (Å²) in [6.45, 7) is -0.738. The van der Waals surface area contributed by atoms with E-state index in [1.54, 1.807) is 0 Å². The van der Waals surface area contributed by atoms with Crippen LogP contribution in [0.1, 0.15) is 12.0 Å². The van der Waals surface area contributed by atoms with Crippen molar-refractivity contribution in [3.63, 3.8) is 0 Å². The van der Waals surface area contributed by atoms with Crippen LogP contribution in [0.2, 0.25) is 5.02 Å².